The molecule has 38 heteroatoms. The van der Waals surface area contributed by atoms with Crippen molar-refractivity contribution in [3.8, 4) is 17.1 Å². The highest BCUT2D eigenvalue weighted by Gasteiger charge is 2.53. The lowest BCUT2D eigenvalue weighted by molar-refractivity contribution is -0.265. The van der Waals surface area contributed by atoms with Gasteiger partial charge in [0.05, 0.1) is 86.8 Å². The lowest BCUT2D eigenvalue weighted by atomic mass is 9.77. The van der Waals surface area contributed by atoms with Crippen LogP contribution in [0, 0.1) is 35.5 Å². The van der Waals surface area contributed by atoms with E-state index in [1.54, 1.807) is 94.1 Å². The number of H-pyrrole nitrogens is 1. The van der Waals surface area contributed by atoms with Crippen LogP contribution in [0.3, 0.4) is 0 Å². The zero-order valence-electron chi connectivity index (χ0n) is 78.6. The van der Waals surface area contributed by atoms with E-state index >= 15 is 0 Å². The van der Waals surface area contributed by atoms with Crippen LogP contribution < -0.4 is 26.2 Å². The molecule has 8 N–H and O–H groups in total. The second-order valence-corrected chi connectivity index (χ2v) is 36.0. The number of allylic oxidation sites excluding steroid dienone is 6. The SMILES string of the molecule is CO[C@H]1C[C@@H]2CC[C@@H](C)[C@@](O)(O2)C(=O)C(=O)N2CCCC[C@H]2C(=O)O[C@H]([C@H](C)C[C@@H]2CC[C@H](n3cc(COC(=O)NCCOCCOCCOCCC(=O)CCc4cnc(N5CCN(c6ncc(C(=O)NCCCCn7nc(-c8cc9cc(O)ccc9[nH]8)c8c(N)ncnc87)cn6)CC5)nc4)nn3)[C@H](OC)C2)CC(=O)[C@H](C)/C=C(\C)[C@@H](O)[C@@H](OC)C(=O)[C@H](C)C[C@H](C)/C=C/C=C/C=C/1C. The normalized spacial score (nSPS) is 26.3. The molecule has 1 aliphatic carbocycles. The van der Waals surface area contributed by atoms with Crippen LogP contribution in [0.2, 0.25) is 0 Å². The van der Waals surface area contributed by atoms with Gasteiger partial charge in [-0.1, -0.05) is 76.3 Å². The Bertz CT molecular complexity index is 5230. The van der Waals surface area contributed by atoms with Gasteiger partial charge in [0.25, 0.3) is 17.6 Å². The number of anilines is 3. The van der Waals surface area contributed by atoms with Gasteiger partial charge in [-0.25, -0.2) is 48.9 Å². The number of methoxy groups -OCH3 is 3. The molecule has 1 saturated carbocycles. The number of phenolic OH excluding ortho intramolecular Hbond substituents is 1. The summed E-state index contributed by atoms with van der Waals surface area (Å²) in [5, 5.41) is 54.5. The molecule has 12 rings (SSSR count). The predicted molar refractivity (Wildman–Crippen MR) is 496 cm³/mol. The summed E-state index contributed by atoms with van der Waals surface area (Å²) in [6, 6.07) is 5.54. The lowest BCUT2D eigenvalue weighted by Gasteiger charge is -2.42. The maximum atomic E-state index is 14.8. The highest BCUT2D eigenvalue weighted by Crippen LogP contribution is 2.41. The maximum absolute atomic E-state index is 14.8. The van der Waals surface area contributed by atoms with Crippen LogP contribution in [0.1, 0.15) is 179 Å². The number of aryl methyl sites for hydroxylation is 2. The first-order valence-corrected chi connectivity index (χ1v) is 46.9. The standard InChI is InChI=1S/C96H132N18O20/c1-59-18-12-11-13-19-60(2)79(126-8)50-73-26-21-65(7)96(125,134-73)87(120)91(122)112-32-16-14-20-77(112)92(123)133-80(51-78(117)61(3)45-64(6)85(119)86(128-10)84(118)63(5)44-59)62(4)46-66-23-28-76(81(47-66)127-9)114-56-70(107-109-114)57-132-95(124)99-31-39-130-41-43-131-42-40-129-38-29-71(115)24-22-67-52-100-93(101-53-67)110-34-36-111(37-35-110)94-102-54-69(55-103-94)90(121)98-30-15-17-33-113-89-82(88(97)104-58-105-89)83(108-113)75-49-68-48-72(116)25-27-74(68)106-75/h11-13,18-19,25,27,45,48-49,52-56,58-59,61-63,65-66,73,76-77,79-81,85-86,106,116,119,125H,14-17,20-24,26,28-44,46-47,50-51,57H2,1-10H3,(H,98,121)(H,99,124)(H2,97,104,105)/b13-11+,18-12+,60-19+,64-45+/t59-,61-,62-,63-,65-,66+,73+,76+,77+,79+,80+,81-,85-,86+,96-/m1/s1. The number of nitrogens with one attached hydrogen (secondary N) is 3. The van der Waals surface area contributed by atoms with Gasteiger partial charge in [0, 0.05) is 153 Å². The quantitative estimate of drug-likeness (QED) is 0.00871. The summed E-state index contributed by atoms with van der Waals surface area (Å²) in [5.41, 5.74) is 11.9. The number of benzene rings is 1. The van der Waals surface area contributed by atoms with Crippen molar-refractivity contribution in [3.63, 3.8) is 0 Å². The molecule has 726 valence electrons. The number of carbonyl (C=O) groups is 8. The number of phenols is 1. The highest BCUT2D eigenvalue weighted by molar-refractivity contribution is 6.39. The fourth-order valence-corrected chi connectivity index (χ4v) is 18.2. The van der Waals surface area contributed by atoms with Crippen LogP contribution in [-0.4, -0.2) is 282 Å². The Balaban J connectivity index is 0.515. The number of hydrogen-bond acceptors (Lipinski definition) is 32. The molecule has 0 radical (unpaired) electrons. The number of nitrogen functional groups attached to an aromatic ring is 1. The topological polar surface area (TPSA) is 482 Å². The summed E-state index contributed by atoms with van der Waals surface area (Å²) in [4.78, 5) is 147. The summed E-state index contributed by atoms with van der Waals surface area (Å²) < 4.78 is 56.2. The van der Waals surface area contributed by atoms with E-state index in [1.807, 2.05) is 57.2 Å². The molecule has 3 saturated heterocycles. The van der Waals surface area contributed by atoms with Gasteiger partial charge in [-0.05, 0) is 156 Å². The first-order valence-electron chi connectivity index (χ1n) is 46.9. The molecule has 2 bridgehead atoms. The van der Waals surface area contributed by atoms with Crippen molar-refractivity contribution in [1.29, 1.82) is 0 Å². The number of rotatable bonds is 33. The first kappa shape index (κ1) is 102. The number of ether oxygens (including phenoxy) is 9. The van der Waals surface area contributed by atoms with Crippen molar-refractivity contribution in [1.82, 2.24) is 75.2 Å². The Hall–Kier alpha value is -11.2. The number of aliphatic hydroxyl groups is 2. The number of carbonyl (C=O) groups excluding carboxylic acids is 8. The van der Waals surface area contributed by atoms with Crippen LogP contribution in [0.5, 0.6) is 5.75 Å². The number of nitrogens with two attached hydrogens (primary N) is 1. The molecule has 4 fully saturated rings. The highest BCUT2D eigenvalue weighted by atomic mass is 16.6. The molecule has 134 heavy (non-hydrogen) atoms. The summed E-state index contributed by atoms with van der Waals surface area (Å²) >= 11 is 0. The zero-order chi connectivity index (χ0) is 95.5. The van der Waals surface area contributed by atoms with Crippen LogP contribution in [0.25, 0.3) is 33.3 Å². The second-order valence-electron chi connectivity index (χ2n) is 36.0. The zero-order valence-corrected chi connectivity index (χ0v) is 78.6. The van der Waals surface area contributed by atoms with Crippen molar-refractivity contribution in [2.45, 2.75) is 225 Å². The fourth-order valence-electron chi connectivity index (χ4n) is 18.2. The minimum absolute atomic E-state index is 0.0135. The average molecular weight is 1860 g/mol. The first-order chi connectivity index (χ1) is 64.6. The van der Waals surface area contributed by atoms with Gasteiger partial charge in [-0.3, -0.25) is 28.8 Å². The molecule has 7 aromatic rings. The molecule has 4 aliphatic heterocycles. The third kappa shape index (κ3) is 27.3. The third-order valence-corrected chi connectivity index (χ3v) is 26.1. The molecule has 0 unspecified atom stereocenters. The van der Waals surface area contributed by atoms with Gasteiger partial charge in [-0.2, -0.15) is 5.10 Å². The van der Waals surface area contributed by atoms with Gasteiger partial charge in [0.2, 0.25) is 17.7 Å². The molecule has 5 aliphatic rings. The van der Waals surface area contributed by atoms with Crippen molar-refractivity contribution < 1.29 is 96.3 Å². The number of Topliss-reactive ketones (excluding diaryl/α,β-unsaturated/α-hetero) is 4. The molecule has 38 nitrogen and oxygen atoms in total. The van der Waals surface area contributed by atoms with E-state index in [0.717, 1.165) is 27.7 Å². The average Bonchev–Trinajstić information content (AvgIpc) is 1.63. The van der Waals surface area contributed by atoms with Gasteiger partial charge < -0.3 is 94.0 Å². The number of unbranched alkanes of at least 4 members (excludes halogenated alkanes) is 1. The Morgan fingerprint density at radius 3 is 2.20 bits per heavy atom. The van der Waals surface area contributed by atoms with Crippen molar-refractivity contribution in [2.75, 3.05) is 122 Å². The van der Waals surface area contributed by atoms with Crippen molar-refractivity contribution in [3.05, 3.63) is 126 Å². The summed E-state index contributed by atoms with van der Waals surface area (Å²) in [5.74, 6) is -7.25. The lowest BCUT2D eigenvalue weighted by Crippen LogP contribution is -2.61. The molecule has 10 heterocycles. The molecule has 0 spiro atoms. The Kier molecular flexibility index (Phi) is 37.4. The van der Waals surface area contributed by atoms with E-state index in [2.05, 4.69) is 65.6 Å². The third-order valence-electron chi connectivity index (χ3n) is 26.1. The minimum Gasteiger partial charge on any atom is -0.508 e. The van der Waals surface area contributed by atoms with Gasteiger partial charge >= 0.3 is 12.1 Å². The van der Waals surface area contributed by atoms with E-state index in [4.69, 9.17) is 53.5 Å². The van der Waals surface area contributed by atoms with E-state index < -0.39 is 89.8 Å². The number of fused-ring (bicyclic) bond motifs is 5. The molecular weight excluding hydrogens is 1730 g/mol. The van der Waals surface area contributed by atoms with Crippen LogP contribution in [-0.2, 0) is 91.0 Å². The Labute approximate surface area is 780 Å². The smallest absolute Gasteiger partial charge is 0.407 e. The summed E-state index contributed by atoms with van der Waals surface area (Å²) in [7, 11) is 4.55. The van der Waals surface area contributed by atoms with E-state index in [9.17, 15) is 53.7 Å². The number of piperazine rings is 1. The number of hydrogen-bond donors (Lipinski definition) is 7. The second kappa shape index (κ2) is 49.3. The van der Waals surface area contributed by atoms with Crippen LogP contribution in [0.4, 0.5) is 22.5 Å². The van der Waals surface area contributed by atoms with Crippen LogP contribution in [0.15, 0.2) is 109 Å². The molecular formula is C96H132N18O20. The Morgan fingerprint density at radius 1 is 0.754 bits per heavy atom. The van der Waals surface area contributed by atoms with Crippen molar-refractivity contribution in [2.24, 2.45) is 35.5 Å². The molecule has 6 aromatic heterocycles. The number of nitrogens with zero attached hydrogens (tertiary/aromatic N) is 14. The number of aromatic nitrogens is 12. The summed E-state index contributed by atoms with van der Waals surface area (Å²) in [6.45, 7) is 17.7. The molecule has 3 amide bonds. The molecule has 15 atom stereocenters. The predicted octanol–water partition coefficient (Wildman–Crippen LogP) is 9.21. The van der Waals surface area contributed by atoms with Crippen molar-refractivity contribution >= 4 is 86.7 Å². The number of esters is 1. The number of aliphatic hydroxyl groups excluding tert-OH is 1. The molecule has 1 aromatic carbocycles. The maximum Gasteiger partial charge on any atom is 0.407 e. The van der Waals surface area contributed by atoms with Gasteiger partial charge in [-0.15, -0.1) is 5.10 Å². The van der Waals surface area contributed by atoms with E-state index in [0.29, 0.717) is 187 Å². The number of cyclic esters (lactones) is 1. The van der Waals surface area contributed by atoms with Crippen LogP contribution >= 0.6 is 0 Å². The largest absolute Gasteiger partial charge is 0.508 e. The number of aromatic hydroxyl groups is 1. The van der Waals surface area contributed by atoms with Gasteiger partial charge in [0.15, 0.2) is 11.4 Å². The van der Waals surface area contributed by atoms with E-state index in [1.165, 1.54) is 30.7 Å². The minimum atomic E-state index is -2.49. The summed E-state index contributed by atoms with van der Waals surface area (Å²) in [6.07, 6.45) is 22.5. The number of amides is 3. The van der Waals surface area contributed by atoms with E-state index in [-0.39, 0.29) is 125 Å². The number of aromatic amines is 1. The number of alkyl carbamates (subject to hydrolysis) is 1. The van der Waals surface area contributed by atoms with Gasteiger partial charge in [0.1, 0.15) is 71.8 Å². The Morgan fingerprint density at radius 2 is 1.48 bits per heavy atom. The number of piperidine rings is 1. The monoisotopic (exact) mass is 1860 g/mol. The fraction of sp³-hybridized carbons (Fsp3) is 0.594. The number of ketones is 4.